The first-order valence-electron chi connectivity index (χ1n) is 7.53. The molecule has 1 saturated heterocycles. The topological polar surface area (TPSA) is 30.3 Å². The van der Waals surface area contributed by atoms with Gasteiger partial charge in [-0.15, -0.1) is 0 Å². The van der Waals surface area contributed by atoms with Gasteiger partial charge >= 0.3 is 0 Å². The Balaban J connectivity index is 2.57. The van der Waals surface area contributed by atoms with Gasteiger partial charge in [-0.3, -0.25) is 4.68 Å². The normalized spacial score (nSPS) is 17.6. The SMILES string of the molecule is Cn1nc(N2CCOCC2)c(C(C)(C)C)c1C(C)(C)C. The first-order valence-corrected chi connectivity index (χ1v) is 7.53. The van der Waals surface area contributed by atoms with E-state index in [1.54, 1.807) is 0 Å². The van der Waals surface area contributed by atoms with E-state index in [9.17, 15) is 0 Å². The van der Waals surface area contributed by atoms with Crippen molar-refractivity contribution in [3.63, 3.8) is 0 Å². The third-order valence-electron chi connectivity index (χ3n) is 3.80. The minimum atomic E-state index is 0.0878. The van der Waals surface area contributed by atoms with Crippen molar-refractivity contribution in [3.8, 4) is 0 Å². The Labute approximate surface area is 123 Å². The van der Waals surface area contributed by atoms with E-state index in [1.807, 2.05) is 0 Å². The van der Waals surface area contributed by atoms with Gasteiger partial charge in [0.1, 0.15) is 0 Å². The van der Waals surface area contributed by atoms with Gasteiger partial charge in [0.05, 0.1) is 13.2 Å². The summed E-state index contributed by atoms with van der Waals surface area (Å²) in [7, 11) is 2.07. The maximum absolute atomic E-state index is 5.47. The van der Waals surface area contributed by atoms with Crippen LogP contribution in [0.4, 0.5) is 5.82 Å². The Bertz CT molecular complexity index is 471. The summed E-state index contributed by atoms with van der Waals surface area (Å²) in [6.07, 6.45) is 0. The van der Waals surface area contributed by atoms with Crippen molar-refractivity contribution in [1.29, 1.82) is 0 Å². The lowest BCUT2D eigenvalue weighted by Crippen LogP contribution is -2.38. The molecule has 1 aromatic rings. The van der Waals surface area contributed by atoms with Crippen molar-refractivity contribution in [1.82, 2.24) is 9.78 Å². The zero-order valence-corrected chi connectivity index (χ0v) is 14.1. The molecule has 0 N–H and O–H groups in total. The highest BCUT2D eigenvalue weighted by molar-refractivity contribution is 5.55. The summed E-state index contributed by atoms with van der Waals surface area (Å²) in [5.74, 6) is 1.15. The summed E-state index contributed by atoms with van der Waals surface area (Å²) >= 11 is 0. The predicted octanol–water partition coefficient (Wildman–Crippen LogP) is 2.85. The molecule has 0 aromatic carbocycles. The van der Waals surface area contributed by atoms with Crippen LogP contribution in [0.3, 0.4) is 0 Å². The van der Waals surface area contributed by atoms with Crippen molar-refractivity contribution < 1.29 is 4.74 Å². The van der Waals surface area contributed by atoms with Gasteiger partial charge in [-0.2, -0.15) is 5.10 Å². The summed E-state index contributed by atoms with van der Waals surface area (Å²) in [6, 6.07) is 0. The van der Waals surface area contributed by atoms with Crippen LogP contribution in [0.25, 0.3) is 0 Å². The quantitative estimate of drug-likeness (QED) is 0.792. The van der Waals surface area contributed by atoms with Crippen molar-refractivity contribution in [3.05, 3.63) is 11.3 Å². The fourth-order valence-electron chi connectivity index (χ4n) is 3.06. The van der Waals surface area contributed by atoms with Gasteiger partial charge in [0.25, 0.3) is 0 Å². The number of aryl methyl sites for hydroxylation is 1. The molecule has 4 nitrogen and oxygen atoms in total. The van der Waals surface area contributed by atoms with Crippen molar-refractivity contribution >= 4 is 5.82 Å². The molecule has 0 bridgehead atoms. The highest BCUT2D eigenvalue weighted by Gasteiger charge is 2.34. The summed E-state index contributed by atoms with van der Waals surface area (Å²) in [6.45, 7) is 17.1. The molecular weight excluding hydrogens is 250 g/mol. The van der Waals surface area contributed by atoms with E-state index in [2.05, 4.69) is 58.2 Å². The van der Waals surface area contributed by atoms with Crippen LogP contribution in [-0.2, 0) is 22.6 Å². The van der Waals surface area contributed by atoms with Gasteiger partial charge in [0, 0.05) is 36.8 Å². The highest BCUT2D eigenvalue weighted by Crippen LogP contribution is 2.39. The zero-order valence-electron chi connectivity index (χ0n) is 14.1. The molecule has 0 spiro atoms. The molecule has 0 aliphatic carbocycles. The van der Waals surface area contributed by atoms with E-state index in [0.717, 1.165) is 32.1 Å². The molecule has 1 aromatic heterocycles. The maximum atomic E-state index is 5.47. The molecular formula is C16H29N3O. The lowest BCUT2D eigenvalue weighted by atomic mass is 9.79. The largest absolute Gasteiger partial charge is 0.378 e. The monoisotopic (exact) mass is 279 g/mol. The van der Waals surface area contributed by atoms with Gasteiger partial charge in [-0.05, 0) is 5.41 Å². The van der Waals surface area contributed by atoms with Crippen molar-refractivity contribution in [2.24, 2.45) is 7.05 Å². The van der Waals surface area contributed by atoms with Gasteiger partial charge in [-0.25, -0.2) is 0 Å². The van der Waals surface area contributed by atoms with Crippen molar-refractivity contribution in [2.45, 2.75) is 52.4 Å². The fraction of sp³-hybridized carbons (Fsp3) is 0.812. The first kappa shape index (κ1) is 15.4. The zero-order chi connectivity index (χ0) is 15.1. The minimum absolute atomic E-state index is 0.0878. The van der Waals surface area contributed by atoms with Crippen LogP contribution in [0, 0.1) is 0 Å². The average molecular weight is 279 g/mol. The molecule has 0 radical (unpaired) electrons. The van der Waals surface area contributed by atoms with Crippen LogP contribution < -0.4 is 4.90 Å². The van der Waals surface area contributed by atoms with Crippen LogP contribution in [0.5, 0.6) is 0 Å². The second kappa shape index (κ2) is 5.06. The molecule has 2 heterocycles. The minimum Gasteiger partial charge on any atom is -0.378 e. The van der Waals surface area contributed by atoms with Gasteiger partial charge in [-0.1, -0.05) is 41.5 Å². The third-order valence-corrected chi connectivity index (χ3v) is 3.80. The number of aromatic nitrogens is 2. The van der Waals surface area contributed by atoms with E-state index in [0.29, 0.717) is 0 Å². The molecule has 0 saturated carbocycles. The first-order chi connectivity index (χ1) is 9.12. The fourth-order valence-corrected chi connectivity index (χ4v) is 3.06. The molecule has 114 valence electrons. The average Bonchev–Trinajstić information content (AvgIpc) is 2.67. The number of ether oxygens (including phenoxy) is 1. The van der Waals surface area contributed by atoms with E-state index >= 15 is 0 Å². The molecule has 0 amide bonds. The second-order valence-electron chi connectivity index (χ2n) is 7.77. The van der Waals surface area contributed by atoms with Gasteiger partial charge in [0.2, 0.25) is 0 Å². The maximum Gasteiger partial charge on any atom is 0.154 e. The van der Waals surface area contributed by atoms with Gasteiger partial charge in [0.15, 0.2) is 5.82 Å². The number of morpholine rings is 1. The summed E-state index contributed by atoms with van der Waals surface area (Å²) in [5, 5.41) is 4.85. The number of hydrogen-bond donors (Lipinski definition) is 0. The van der Waals surface area contributed by atoms with E-state index < -0.39 is 0 Å². The molecule has 1 aliphatic rings. The summed E-state index contributed by atoms with van der Waals surface area (Å²) in [4.78, 5) is 2.37. The van der Waals surface area contributed by atoms with Crippen LogP contribution in [-0.4, -0.2) is 36.1 Å². The molecule has 1 aliphatic heterocycles. The Kier molecular flexibility index (Phi) is 3.89. The summed E-state index contributed by atoms with van der Waals surface area (Å²) in [5.41, 5.74) is 2.90. The Morgan fingerprint density at radius 3 is 1.95 bits per heavy atom. The number of hydrogen-bond acceptors (Lipinski definition) is 3. The van der Waals surface area contributed by atoms with E-state index in [4.69, 9.17) is 9.84 Å². The second-order valence-corrected chi connectivity index (χ2v) is 7.77. The predicted molar refractivity (Wildman–Crippen MR) is 83.6 cm³/mol. The Morgan fingerprint density at radius 2 is 1.50 bits per heavy atom. The molecule has 1 fully saturated rings. The Morgan fingerprint density at radius 1 is 0.950 bits per heavy atom. The molecule has 4 heteroatoms. The summed E-state index contributed by atoms with van der Waals surface area (Å²) < 4.78 is 7.55. The molecule has 2 rings (SSSR count). The lowest BCUT2D eigenvalue weighted by molar-refractivity contribution is 0.122. The highest BCUT2D eigenvalue weighted by atomic mass is 16.5. The molecule has 0 unspecified atom stereocenters. The number of nitrogens with zero attached hydrogens (tertiary/aromatic N) is 3. The lowest BCUT2D eigenvalue weighted by Gasteiger charge is -2.32. The van der Waals surface area contributed by atoms with Crippen LogP contribution in [0.15, 0.2) is 0 Å². The number of rotatable bonds is 1. The van der Waals surface area contributed by atoms with Crippen molar-refractivity contribution in [2.75, 3.05) is 31.2 Å². The third kappa shape index (κ3) is 2.85. The molecule has 0 atom stereocenters. The van der Waals surface area contributed by atoms with E-state index in [-0.39, 0.29) is 10.8 Å². The standard InChI is InChI=1S/C16H29N3O/c1-15(2,3)12-13(16(4,5)6)18(7)17-14(12)19-8-10-20-11-9-19/h8-11H2,1-7H3. The molecule has 20 heavy (non-hydrogen) atoms. The van der Waals surface area contributed by atoms with Crippen LogP contribution >= 0.6 is 0 Å². The number of anilines is 1. The van der Waals surface area contributed by atoms with Gasteiger partial charge < -0.3 is 9.64 Å². The van der Waals surface area contributed by atoms with Crippen LogP contribution in [0.1, 0.15) is 52.8 Å². The van der Waals surface area contributed by atoms with E-state index in [1.165, 1.54) is 11.3 Å². The van der Waals surface area contributed by atoms with Crippen LogP contribution in [0.2, 0.25) is 0 Å². The smallest absolute Gasteiger partial charge is 0.154 e. The Hall–Kier alpha value is -1.03.